The molecule has 0 saturated heterocycles. The number of nitrogens with zero attached hydrogens (tertiary/aromatic N) is 2. The van der Waals surface area contributed by atoms with Crippen molar-refractivity contribution in [1.29, 1.82) is 0 Å². The lowest BCUT2D eigenvalue weighted by Gasteiger charge is -2.56. The highest BCUT2D eigenvalue weighted by Crippen LogP contribution is 2.62. The van der Waals surface area contributed by atoms with E-state index in [1.54, 1.807) is 0 Å². The molecule has 0 spiro atoms. The van der Waals surface area contributed by atoms with E-state index in [9.17, 15) is 9.59 Å². The summed E-state index contributed by atoms with van der Waals surface area (Å²) in [4.78, 5) is 27.9. The highest BCUT2D eigenvalue weighted by Gasteiger charge is 2.52. The van der Waals surface area contributed by atoms with Gasteiger partial charge >= 0.3 is 5.97 Å². The zero-order valence-electron chi connectivity index (χ0n) is 32.1. The first-order chi connectivity index (χ1) is 23.5. The molecule has 8 aliphatic rings. The number of hydrogen-bond acceptors (Lipinski definition) is 7. The van der Waals surface area contributed by atoms with Gasteiger partial charge in [0.15, 0.2) is 0 Å². The number of hydrogen-bond donors (Lipinski definition) is 5. The number of carbonyl (C=O) groups excluding carboxylic acids is 1. The van der Waals surface area contributed by atoms with Crippen LogP contribution in [-0.4, -0.2) is 106 Å². The van der Waals surface area contributed by atoms with Crippen molar-refractivity contribution in [3.8, 4) is 0 Å². The molecule has 0 aromatic heterocycles. The fourth-order valence-corrected chi connectivity index (χ4v) is 11.7. The molecule has 0 aromatic carbocycles. The van der Waals surface area contributed by atoms with E-state index in [1.165, 1.54) is 89.9 Å². The minimum absolute atomic E-state index is 0. The van der Waals surface area contributed by atoms with E-state index in [-0.39, 0.29) is 12.8 Å². The first-order valence-corrected chi connectivity index (χ1v) is 20.5. The molecular weight excluding hydrogens is 624 g/mol. The Morgan fingerprint density at radius 2 is 0.980 bits per heavy atom. The average molecular weight is 705 g/mol. The molecule has 9 nitrogen and oxygen atoms in total. The molecule has 0 aromatic rings. The lowest BCUT2D eigenvalue weighted by molar-refractivity contribution is -0.145. The van der Waals surface area contributed by atoms with Crippen LogP contribution < -0.4 is 21.7 Å². The van der Waals surface area contributed by atoms with E-state index in [1.807, 2.05) is 0 Å². The van der Waals surface area contributed by atoms with Gasteiger partial charge in [-0.3, -0.25) is 9.59 Å². The van der Waals surface area contributed by atoms with Gasteiger partial charge in [0.2, 0.25) is 5.91 Å². The number of nitrogens with two attached hydrogens (primary N) is 1. The third-order valence-corrected chi connectivity index (χ3v) is 12.9. The number of carbonyl (C=O) groups is 2. The molecule has 6 N–H and O–H groups in total. The minimum atomic E-state index is -0.577. The Hall–Kier alpha value is -1.26. The molecule has 9 heteroatoms. The fourth-order valence-electron chi connectivity index (χ4n) is 11.7. The van der Waals surface area contributed by atoms with Crippen molar-refractivity contribution >= 4 is 11.9 Å². The predicted octanol–water partition coefficient (Wildman–Crippen LogP) is 5.83. The Labute approximate surface area is 307 Å². The van der Waals surface area contributed by atoms with Gasteiger partial charge in [0.25, 0.3) is 0 Å². The Morgan fingerprint density at radius 1 is 0.620 bits per heavy atom. The normalized spacial score (nSPS) is 32.6. The predicted molar refractivity (Wildman–Crippen MR) is 208 cm³/mol. The Balaban J connectivity index is 0.000000221. The van der Waals surface area contributed by atoms with E-state index in [0.717, 1.165) is 107 Å². The van der Waals surface area contributed by atoms with Crippen LogP contribution in [0.25, 0.3) is 0 Å². The van der Waals surface area contributed by atoms with Crippen molar-refractivity contribution in [2.45, 2.75) is 124 Å². The maximum absolute atomic E-state index is 12.5. The maximum Gasteiger partial charge on any atom is 0.303 e. The number of likely N-dealkylation sites (N-methyl/N-ethyl adjacent to an activating group) is 2. The first-order valence-electron chi connectivity index (χ1n) is 20.5. The van der Waals surface area contributed by atoms with Gasteiger partial charge in [-0.2, -0.15) is 0 Å². The van der Waals surface area contributed by atoms with Crippen molar-refractivity contribution in [3.05, 3.63) is 0 Å². The second-order valence-electron chi connectivity index (χ2n) is 17.8. The molecule has 0 aliphatic heterocycles. The molecule has 0 atom stereocenters. The van der Waals surface area contributed by atoms with Gasteiger partial charge in [0, 0.05) is 58.8 Å². The van der Waals surface area contributed by atoms with Gasteiger partial charge in [-0.25, -0.2) is 0 Å². The molecule has 0 heterocycles. The summed E-state index contributed by atoms with van der Waals surface area (Å²) in [7, 11) is 4.24. The molecule has 8 aliphatic carbocycles. The zero-order valence-corrected chi connectivity index (χ0v) is 32.1. The molecule has 8 saturated carbocycles. The largest absolute Gasteiger partial charge is 0.481 e. The molecule has 0 radical (unpaired) electrons. The molecule has 0 unspecified atom stereocenters. The number of amides is 1. The smallest absolute Gasteiger partial charge is 0.303 e. The fraction of sp³-hybridized carbons (Fsp3) is 0.951. The molecule has 1 amide bonds. The summed E-state index contributed by atoms with van der Waals surface area (Å²) in [6, 6.07) is 0. The molecule has 8 rings (SSSR count). The number of carboxylic acids is 1. The van der Waals surface area contributed by atoms with Crippen LogP contribution in [-0.2, 0) is 9.59 Å². The van der Waals surface area contributed by atoms with Crippen molar-refractivity contribution < 1.29 is 14.7 Å². The Morgan fingerprint density at radius 3 is 1.34 bits per heavy atom. The quantitative estimate of drug-likeness (QED) is 0.107. The second kappa shape index (κ2) is 21.4. The lowest BCUT2D eigenvalue weighted by Crippen LogP contribution is -2.48. The first kappa shape index (κ1) is 43.1. The van der Waals surface area contributed by atoms with Crippen LogP contribution in [0.1, 0.15) is 124 Å². The van der Waals surface area contributed by atoms with Gasteiger partial charge < -0.3 is 36.6 Å². The summed E-state index contributed by atoms with van der Waals surface area (Å²) in [6.07, 6.45) is 19.8. The van der Waals surface area contributed by atoms with Gasteiger partial charge in [-0.15, -0.1) is 0 Å². The third kappa shape index (κ3) is 13.9. The molecule has 8 bridgehead atoms. The van der Waals surface area contributed by atoms with E-state index in [4.69, 9.17) is 10.8 Å². The van der Waals surface area contributed by atoms with Gasteiger partial charge in [0.05, 0.1) is 6.42 Å². The second-order valence-corrected chi connectivity index (χ2v) is 17.8. The van der Waals surface area contributed by atoms with Crippen molar-refractivity contribution in [2.24, 2.45) is 52.1 Å². The highest BCUT2D eigenvalue weighted by atomic mass is 16.4. The van der Waals surface area contributed by atoms with Gasteiger partial charge in [-0.05, 0) is 163 Å². The Bertz CT molecular complexity index is 921. The van der Waals surface area contributed by atoms with Crippen molar-refractivity contribution in [3.63, 3.8) is 0 Å². The Kier molecular flexibility index (Phi) is 18.5. The van der Waals surface area contributed by atoms with Crippen LogP contribution in [0, 0.1) is 46.3 Å². The van der Waals surface area contributed by atoms with Crippen LogP contribution in [0.4, 0.5) is 0 Å². The van der Waals surface area contributed by atoms with Crippen LogP contribution in [0.5, 0.6) is 0 Å². The molecule has 50 heavy (non-hydrogen) atoms. The summed E-state index contributed by atoms with van der Waals surface area (Å²) in [6.45, 7) is 14.3. The number of rotatable bonds is 19. The molecular formula is C41H80N6O3. The summed E-state index contributed by atoms with van der Waals surface area (Å²) < 4.78 is 0. The summed E-state index contributed by atoms with van der Waals surface area (Å²) in [5.74, 6) is 5.16. The summed E-state index contributed by atoms with van der Waals surface area (Å²) in [5, 5.41) is 18.9. The number of aliphatic carboxylic acids is 1. The highest BCUT2D eigenvalue weighted by molar-refractivity contribution is 5.76. The van der Waals surface area contributed by atoms with Gasteiger partial charge in [-0.1, -0.05) is 21.3 Å². The standard InChI is InChI=1S/C20H37N3O.C12H18O2.C8H21N3.CH4/c1-3-4-21-5-7-23(2)8-6-22-19(24)15-20-12-16-9-17(13-20)11-18(10-16)14-20;13-11(14)7-12-4-8-1-9(5-12)3-10(2-8)6-12;1-3-5-10-6-8-11(2)7-4-9;/h16-18,21H,3-15H2,1-2H3,(H,22,24);8-10H,1-7H2,(H,13,14);10H,3-9H2,1-2H3;1H4. The molecule has 292 valence electrons. The van der Waals surface area contributed by atoms with Crippen LogP contribution in [0.3, 0.4) is 0 Å². The topological polar surface area (TPSA) is 123 Å². The number of nitrogens with one attached hydrogen (secondary N) is 3. The monoisotopic (exact) mass is 705 g/mol. The zero-order chi connectivity index (χ0) is 35.3. The van der Waals surface area contributed by atoms with E-state index >= 15 is 0 Å². The van der Waals surface area contributed by atoms with E-state index in [0.29, 0.717) is 17.7 Å². The van der Waals surface area contributed by atoms with Crippen LogP contribution in [0.2, 0.25) is 0 Å². The lowest BCUT2D eigenvalue weighted by atomic mass is 9.49. The summed E-state index contributed by atoms with van der Waals surface area (Å²) in [5.41, 5.74) is 5.99. The van der Waals surface area contributed by atoms with Gasteiger partial charge in [0.1, 0.15) is 0 Å². The van der Waals surface area contributed by atoms with Crippen molar-refractivity contribution in [1.82, 2.24) is 25.8 Å². The SMILES string of the molecule is C.CCCNCCN(C)CCN.CCCNCCN(C)CCNC(=O)CC12CC3CC(CC(C3)C1)C2.O=C(O)CC12CC3CC(CC(C3)C1)C2. The van der Waals surface area contributed by atoms with E-state index in [2.05, 4.69) is 53.7 Å². The molecule has 8 fully saturated rings. The summed E-state index contributed by atoms with van der Waals surface area (Å²) >= 11 is 0. The average Bonchev–Trinajstić information content (AvgIpc) is 3.00. The van der Waals surface area contributed by atoms with Crippen LogP contribution >= 0.6 is 0 Å². The maximum atomic E-state index is 12.5. The minimum Gasteiger partial charge on any atom is -0.481 e. The van der Waals surface area contributed by atoms with E-state index < -0.39 is 5.97 Å². The van der Waals surface area contributed by atoms with Crippen molar-refractivity contribution in [2.75, 3.05) is 79.5 Å². The number of carboxylic acid groups (broad SMARTS) is 1. The van der Waals surface area contributed by atoms with Crippen LogP contribution in [0.15, 0.2) is 0 Å². The third-order valence-electron chi connectivity index (χ3n) is 12.9.